The maximum Gasteiger partial charge on any atom is 0.145 e. The average Bonchev–Trinajstić information content (AvgIpc) is 2.61. The number of aryl methyl sites for hydroxylation is 1. The fourth-order valence-electron chi connectivity index (χ4n) is 2.71. The highest BCUT2D eigenvalue weighted by Gasteiger charge is 2.30. The fraction of sp³-hybridized carbons (Fsp3) is 0.769. The van der Waals surface area contributed by atoms with E-state index in [4.69, 9.17) is 10.5 Å². The monoisotopic (exact) mass is 252 g/mol. The minimum Gasteiger partial charge on any atom is -0.382 e. The minimum absolute atomic E-state index is 0.0339. The molecule has 102 valence electrons. The molecule has 0 spiro atoms. The van der Waals surface area contributed by atoms with Crippen LogP contribution in [0.25, 0.3) is 0 Å². The van der Waals surface area contributed by atoms with Crippen molar-refractivity contribution in [3.63, 3.8) is 0 Å². The third-order valence-corrected chi connectivity index (χ3v) is 3.16. The van der Waals surface area contributed by atoms with Gasteiger partial charge in [0.25, 0.3) is 0 Å². The number of aromatic nitrogens is 2. The Kier molecular flexibility index (Phi) is 3.92. The molecule has 0 bridgehead atoms. The summed E-state index contributed by atoms with van der Waals surface area (Å²) in [5.74, 6) is 0.594. The summed E-state index contributed by atoms with van der Waals surface area (Å²) >= 11 is 0. The molecule has 1 atom stereocenters. The van der Waals surface area contributed by atoms with Gasteiger partial charge in [0.15, 0.2) is 0 Å². The van der Waals surface area contributed by atoms with Crippen molar-refractivity contribution in [1.29, 1.82) is 0 Å². The zero-order valence-electron chi connectivity index (χ0n) is 11.6. The predicted molar refractivity (Wildman–Crippen MR) is 72.3 cm³/mol. The van der Waals surface area contributed by atoms with Crippen LogP contribution in [-0.4, -0.2) is 46.0 Å². The van der Waals surface area contributed by atoms with E-state index in [1.807, 2.05) is 16.9 Å². The van der Waals surface area contributed by atoms with Crippen molar-refractivity contribution in [3.8, 4) is 0 Å². The minimum atomic E-state index is -0.0339. The van der Waals surface area contributed by atoms with Crippen molar-refractivity contribution < 1.29 is 4.74 Å². The molecular weight excluding hydrogens is 228 g/mol. The zero-order chi connectivity index (χ0) is 13.2. The maximum absolute atomic E-state index is 5.90. The number of hydrogen-bond acceptors (Lipinski definition) is 4. The van der Waals surface area contributed by atoms with E-state index in [1.165, 1.54) is 0 Å². The van der Waals surface area contributed by atoms with E-state index in [2.05, 4.69) is 30.8 Å². The van der Waals surface area contributed by atoms with Crippen molar-refractivity contribution in [3.05, 3.63) is 12.3 Å². The highest BCUT2D eigenvalue weighted by molar-refractivity contribution is 5.23. The molecule has 1 aromatic rings. The molecular formula is C13H24N4O. The first kappa shape index (κ1) is 13.4. The molecule has 1 aliphatic heterocycles. The van der Waals surface area contributed by atoms with Crippen LogP contribution in [0.1, 0.15) is 27.2 Å². The highest BCUT2D eigenvalue weighted by Crippen LogP contribution is 2.20. The lowest BCUT2D eigenvalue weighted by Gasteiger charge is -2.41. The van der Waals surface area contributed by atoms with Crippen LogP contribution in [0.3, 0.4) is 0 Å². The molecule has 18 heavy (non-hydrogen) atoms. The molecule has 5 heteroatoms. The van der Waals surface area contributed by atoms with Gasteiger partial charge in [-0.25, -0.2) is 0 Å². The van der Waals surface area contributed by atoms with Gasteiger partial charge < -0.3 is 10.5 Å². The van der Waals surface area contributed by atoms with Gasteiger partial charge in [-0.3, -0.25) is 9.58 Å². The molecule has 0 radical (unpaired) electrons. The Labute approximate surface area is 109 Å². The van der Waals surface area contributed by atoms with Gasteiger partial charge in [0, 0.05) is 32.4 Å². The van der Waals surface area contributed by atoms with Crippen molar-refractivity contribution >= 4 is 5.82 Å². The summed E-state index contributed by atoms with van der Waals surface area (Å²) < 4.78 is 7.80. The lowest BCUT2D eigenvalue weighted by atomic mass is 10.1. The number of anilines is 1. The van der Waals surface area contributed by atoms with Crippen LogP contribution in [0.4, 0.5) is 5.82 Å². The largest absolute Gasteiger partial charge is 0.382 e. The quantitative estimate of drug-likeness (QED) is 0.879. The second kappa shape index (κ2) is 5.28. The molecule has 1 aliphatic rings. The summed E-state index contributed by atoms with van der Waals surface area (Å²) in [6, 6.07) is 1.83. The summed E-state index contributed by atoms with van der Waals surface area (Å²) in [6.07, 6.45) is 3.33. The van der Waals surface area contributed by atoms with Crippen LogP contribution in [0.5, 0.6) is 0 Å². The number of nitrogen functional groups attached to an aromatic ring is 1. The number of hydrogen-bond donors (Lipinski definition) is 1. The Morgan fingerprint density at radius 1 is 1.50 bits per heavy atom. The molecule has 0 amide bonds. The Morgan fingerprint density at radius 3 is 2.89 bits per heavy atom. The number of ether oxygens (including phenoxy) is 1. The number of nitrogens with two attached hydrogens (primary N) is 1. The Balaban J connectivity index is 1.76. The first-order valence-corrected chi connectivity index (χ1v) is 6.64. The summed E-state index contributed by atoms with van der Waals surface area (Å²) in [4.78, 5) is 2.47. The first-order chi connectivity index (χ1) is 8.44. The van der Waals surface area contributed by atoms with Gasteiger partial charge >= 0.3 is 0 Å². The van der Waals surface area contributed by atoms with Gasteiger partial charge in [0.05, 0.1) is 11.7 Å². The third-order valence-electron chi connectivity index (χ3n) is 3.16. The van der Waals surface area contributed by atoms with Gasteiger partial charge in [0.1, 0.15) is 5.82 Å². The number of nitrogens with zero attached hydrogens (tertiary/aromatic N) is 3. The Hall–Kier alpha value is -1.07. The molecule has 1 fully saturated rings. The van der Waals surface area contributed by atoms with E-state index in [1.54, 1.807) is 0 Å². The summed E-state index contributed by atoms with van der Waals surface area (Å²) in [7, 11) is 0. The average molecular weight is 252 g/mol. The van der Waals surface area contributed by atoms with E-state index in [9.17, 15) is 0 Å². The van der Waals surface area contributed by atoms with E-state index < -0.39 is 0 Å². The molecule has 1 aromatic heterocycles. The second-order valence-electron chi connectivity index (χ2n) is 5.78. The highest BCUT2D eigenvalue weighted by atomic mass is 16.5. The van der Waals surface area contributed by atoms with E-state index in [0.717, 1.165) is 32.6 Å². The van der Waals surface area contributed by atoms with Crippen LogP contribution in [0, 0.1) is 0 Å². The lowest BCUT2D eigenvalue weighted by molar-refractivity contribution is -0.128. The third kappa shape index (κ3) is 3.71. The van der Waals surface area contributed by atoms with Gasteiger partial charge in [-0.2, -0.15) is 5.10 Å². The lowest BCUT2D eigenvalue weighted by Crippen LogP contribution is -2.52. The molecule has 0 aromatic carbocycles. The van der Waals surface area contributed by atoms with Crippen molar-refractivity contribution in [1.82, 2.24) is 14.7 Å². The van der Waals surface area contributed by atoms with Crippen molar-refractivity contribution in [2.45, 2.75) is 45.4 Å². The van der Waals surface area contributed by atoms with Gasteiger partial charge in [-0.05, 0) is 33.3 Å². The normalized spacial score (nSPS) is 24.3. The molecule has 1 unspecified atom stereocenters. The van der Waals surface area contributed by atoms with Gasteiger partial charge in [-0.1, -0.05) is 0 Å². The van der Waals surface area contributed by atoms with E-state index >= 15 is 0 Å². The predicted octanol–water partition coefficient (Wildman–Crippen LogP) is 1.35. The van der Waals surface area contributed by atoms with Crippen LogP contribution in [0.2, 0.25) is 0 Å². The second-order valence-corrected chi connectivity index (χ2v) is 5.78. The summed E-state index contributed by atoms with van der Waals surface area (Å²) in [6.45, 7) is 10.5. The molecule has 0 saturated carbocycles. The number of rotatable bonds is 4. The summed E-state index contributed by atoms with van der Waals surface area (Å²) in [5.41, 5.74) is 5.55. The van der Waals surface area contributed by atoms with Crippen molar-refractivity contribution in [2.75, 3.05) is 25.4 Å². The van der Waals surface area contributed by atoms with Crippen LogP contribution < -0.4 is 5.73 Å². The Morgan fingerprint density at radius 2 is 2.28 bits per heavy atom. The van der Waals surface area contributed by atoms with Crippen LogP contribution in [-0.2, 0) is 11.3 Å². The fourth-order valence-corrected chi connectivity index (χ4v) is 2.71. The number of morpholine rings is 1. The zero-order valence-corrected chi connectivity index (χ0v) is 11.6. The van der Waals surface area contributed by atoms with E-state index in [-0.39, 0.29) is 5.60 Å². The van der Waals surface area contributed by atoms with Crippen LogP contribution in [0.15, 0.2) is 12.3 Å². The topological polar surface area (TPSA) is 56.3 Å². The van der Waals surface area contributed by atoms with Crippen molar-refractivity contribution in [2.24, 2.45) is 0 Å². The molecule has 2 N–H and O–H groups in total. The molecule has 2 rings (SSSR count). The molecule has 2 heterocycles. The molecule has 0 aliphatic carbocycles. The molecule has 1 saturated heterocycles. The molecule has 5 nitrogen and oxygen atoms in total. The van der Waals surface area contributed by atoms with Gasteiger partial charge in [-0.15, -0.1) is 0 Å². The van der Waals surface area contributed by atoms with Gasteiger partial charge in [0.2, 0.25) is 0 Å². The smallest absolute Gasteiger partial charge is 0.145 e. The maximum atomic E-state index is 5.90. The van der Waals surface area contributed by atoms with Crippen LogP contribution >= 0.6 is 0 Å². The van der Waals surface area contributed by atoms with E-state index in [0.29, 0.717) is 11.9 Å². The Bertz CT molecular complexity index is 388. The SMILES string of the molecule is CC1CN(CCCn2ccc(N)n2)CC(C)(C)O1. The summed E-state index contributed by atoms with van der Waals surface area (Å²) in [5, 5.41) is 4.19. The first-order valence-electron chi connectivity index (χ1n) is 6.64. The standard InChI is InChI=1S/C13H24N4O/c1-11-9-16(10-13(2,3)18-11)6-4-7-17-8-5-12(14)15-17/h5,8,11H,4,6-7,9-10H2,1-3H3,(H2,14,15).